The van der Waals surface area contributed by atoms with Crippen LogP contribution >= 0.6 is 0 Å². The van der Waals surface area contributed by atoms with E-state index in [9.17, 15) is 4.79 Å². The van der Waals surface area contributed by atoms with Crippen molar-refractivity contribution < 1.29 is 4.79 Å². The highest BCUT2D eigenvalue weighted by atomic mass is 16.1. The molecule has 0 spiro atoms. The molecule has 1 aromatic carbocycles. The SMILES string of the molecule is O=C1C2=C(NCCC2)c2ccccc21. The fourth-order valence-electron chi connectivity index (χ4n) is 2.26. The first kappa shape index (κ1) is 7.80. The molecule has 1 aliphatic carbocycles. The largest absolute Gasteiger partial charge is 0.384 e. The van der Waals surface area contributed by atoms with Gasteiger partial charge in [0.15, 0.2) is 5.78 Å². The molecule has 3 rings (SSSR count). The van der Waals surface area contributed by atoms with E-state index in [1.165, 1.54) is 0 Å². The molecule has 0 radical (unpaired) electrons. The van der Waals surface area contributed by atoms with Gasteiger partial charge in [0.1, 0.15) is 0 Å². The van der Waals surface area contributed by atoms with Crippen LogP contribution in [0.5, 0.6) is 0 Å². The number of carbonyl (C=O) groups is 1. The van der Waals surface area contributed by atoms with Gasteiger partial charge in [-0.05, 0) is 12.8 Å². The Labute approximate surface area is 82.6 Å². The van der Waals surface area contributed by atoms with Crippen molar-refractivity contribution in [2.24, 2.45) is 0 Å². The predicted molar refractivity (Wildman–Crippen MR) is 54.9 cm³/mol. The molecule has 1 aromatic rings. The highest BCUT2D eigenvalue weighted by Crippen LogP contribution is 2.34. The zero-order valence-corrected chi connectivity index (χ0v) is 7.84. The summed E-state index contributed by atoms with van der Waals surface area (Å²) in [6.45, 7) is 0.987. The third-order valence-electron chi connectivity index (χ3n) is 2.92. The smallest absolute Gasteiger partial charge is 0.191 e. The van der Waals surface area contributed by atoms with E-state index in [0.29, 0.717) is 0 Å². The minimum atomic E-state index is 0.225. The quantitative estimate of drug-likeness (QED) is 0.669. The first-order valence-electron chi connectivity index (χ1n) is 4.99. The van der Waals surface area contributed by atoms with Gasteiger partial charge in [-0.1, -0.05) is 24.3 Å². The highest BCUT2D eigenvalue weighted by molar-refractivity contribution is 6.20. The average Bonchev–Trinajstić information content (AvgIpc) is 2.55. The number of carbonyl (C=O) groups excluding carboxylic acids is 1. The molecule has 70 valence electrons. The van der Waals surface area contributed by atoms with Gasteiger partial charge in [0.25, 0.3) is 0 Å². The van der Waals surface area contributed by atoms with Crippen molar-refractivity contribution in [1.82, 2.24) is 5.32 Å². The molecule has 14 heavy (non-hydrogen) atoms. The van der Waals surface area contributed by atoms with Crippen molar-refractivity contribution in [3.05, 3.63) is 41.0 Å². The first-order valence-corrected chi connectivity index (χ1v) is 4.99. The summed E-state index contributed by atoms with van der Waals surface area (Å²) in [4.78, 5) is 11.9. The van der Waals surface area contributed by atoms with Crippen molar-refractivity contribution in [3.63, 3.8) is 0 Å². The van der Waals surface area contributed by atoms with Gasteiger partial charge < -0.3 is 5.32 Å². The van der Waals surface area contributed by atoms with Gasteiger partial charge in [-0.15, -0.1) is 0 Å². The van der Waals surface area contributed by atoms with Crippen LogP contribution in [0.15, 0.2) is 29.8 Å². The maximum Gasteiger partial charge on any atom is 0.191 e. The van der Waals surface area contributed by atoms with Gasteiger partial charge in [-0.25, -0.2) is 0 Å². The molecule has 2 nitrogen and oxygen atoms in total. The van der Waals surface area contributed by atoms with Gasteiger partial charge in [-0.2, -0.15) is 0 Å². The van der Waals surface area contributed by atoms with Crippen LogP contribution < -0.4 is 5.32 Å². The Hall–Kier alpha value is -1.57. The maximum absolute atomic E-state index is 11.9. The van der Waals surface area contributed by atoms with E-state index in [1.54, 1.807) is 0 Å². The van der Waals surface area contributed by atoms with Crippen LogP contribution in [0.1, 0.15) is 28.8 Å². The number of rotatable bonds is 0. The fourth-order valence-corrected chi connectivity index (χ4v) is 2.26. The lowest BCUT2D eigenvalue weighted by atomic mass is 10.0. The van der Waals surface area contributed by atoms with E-state index in [-0.39, 0.29) is 5.78 Å². The lowest BCUT2D eigenvalue weighted by Crippen LogP contribution is -2.19. The minimum Gasteiger partial charge on any atom is -0.384 e. The second-order valence-corrected chi connectivity index (χ2v) is 3.76. The molecule has 1 heterocycles. The molecular weight excluding hydrogens is 174 g/mol. The number of ketones is 1. The van der Waals surface area contributed by atoms with Crippen LogP contribution in [0, 0.1) is 0 Å². The third kappa shape index (κ3) is 0.882. The third-order valence-corrected chi connectivity index (χ3v) is 2.92. The van der Waals surface area contributed by atoms with Gasteiger partial charge in [0, 0.05) is 28.9 Å². The Morgan fingerprint density at radius 3 is 2.79 bits per heavy atom. The van der Waals surface area contributed by atoms with E-state index >= 15 is 0 Å². The van der Waals surface area contributed by atoms with Crippen LogP contribution in [-0.2, 0) is 0 Å². The predicted octanol–water partition coefficient (Wildman–Crippen LogP) is 1.98. The van der Waals surface area contributed by atoms with Crippen LogP contribution in [-0.4, -0.2) is 12.3 Å². The Morgan fingerprint density at radius 2 is 1.93 bits per heavy atom. The zero-order chi connectivity index (χ0) is 9.54. The molecule has 2 aliphatic rings. The standard InChI is InChI=1S/C12H11NO/c14-12-9-5-2-1-4-8(9)11-10(12)6-3-7-13-11/h1-2,4-5,13H,3,6-7H2. The normalized spacial score (nSPS) is 19.0. The lowest BCUT2D eigenvalue weighted by Gasteiger charge is -2.15. The Kier molecular flexibility index (Phi) is 1.51. The summed E-state index contributed by atoms with van der Waals surface area (Å²) in [7, 11) is 0. The molecule has 0 aromatic heterocycles. The maximum atomic E-state index is 11.9. The van der Waals surface area contributed by atoms with Crippen LogP contribution in [0.4, 0.5) is 0 Å². The average molecular weight is 185 g/mol. The summed E-state index contributed by atoms with van der Waals surface area (Å²) in [6.07, 6.45) is 1.99. The number of nitrogens with one attached hydrogen (secondary N) is 1. The van der Waals surface area contributed by atoms with Gasteiger partial charge in [0.2, 0.25) is 0 Å². The number of allylic oxidation sites excluding steroid dienone is 1. The van der Waals surface area contributed by atoms with Crippen LogP contribution in [0.3, 0.4) is 0 Å². The minimum absolute atomic E-state index is 0.225. The monoisotopic (exact) mass is 185 g/mol. The van der Waals surface area contributed by atoms with E-state index < -0.39 is 0 Å². The molecule has 0 unspecified atom stereocenters. The van der Waals surface area contributed by atoms with Crippen LogP contribution in [0.25, 0.3) is 5.70 Å². The summed E-state index contributed by atoms with van der Waals surface area (Å²) in [6, 6.07) is 7.85. The zero-order valence-electron chi connectivity index (χ0n) is 7.84. The summed E-state index contributed by atoms with van der Waals surface area (Å²) in [5, 5.41) is 3.33. The van der Waals surface area contributed by atoms with Gasteiger partial charge in [0.05, 0.1) is 0 Å². The van der Waals surface area contributed by atoms with E-state index in [2.05, 4.69) is 5.32 Å². The molecule has 0 saturated carbocycles. The molecule has 0 bridgehead atoms. The van der Waals surface area contributed by atoms with Gasteiger partial charge in [-0.3, -0.25) is 4.79 Å². The second-order valence-electron chi connectivity index (χ2n) is 3.76. The number of hydrogen-bond donors (Lipinski definition) is 1. The van der Waals surface area contributed by atoms with Crippen LogP contribution in [0.2, 0.25) is 0 Å². The molecular formula is C12H11NO. The topological polar surface area (TPSA) is 29.1 Å². The summed E-state index contributed by atoms with van der Waals surface area (Å²) in [5.41, 5.74) is 4.02. The van der Waals surface area contributed by atoms with Crippen molar-refractivity contribution in [2.75, 3.05) is 6.54 Å². The second kappa shape index (κ2) is 2.71. The Morgan fingerprint density at radius 1 is 1.14 bits per heavy atom. The molecule has 0 amide bonds. The number of Topliss-reactive ketones (excluding diaryl/α,β-unsaturated/α-hetero) is 1. The molecule has 0 atom stereocenters. The van der Waals surface area contributed by atoms with Crippen molar-refractivity contribution in [3.8, 4) is 0 Å². The summed E-state index contributed by atoms with van der Waals surface area (Å²) >= 11 is 0. The number of hydrogen-bond acceptors (Lipinski definition) is 2. The Bertz CT molecular complexity index is 445. The van der Waals surface area contributed by atoms with E-state index in [0.717, 1.165) is 41.8 Å². The molecule has 0 saturated heterocycles. The number of benzene rings is 1. The number of fused-ring (bicyclic) bond motifs is 2. The van der Waals surface area contributed by atoms with Gasteiger partial charge >= 0.3 is 0 Å². The summed E-state index contributed by atoms with van der Waals surface area (Å²) in [5.74, 6) is 0.225. The Balaban J connectivity index is 2.23. The van der Waals surface area contributed by atoms with Crippen molar-refractivity contribution >= 4 is 11.5 Å². The van der Waals surface area contributed by atoms with E-state index in [4.69, 9.17) is 0 Å². The molecule has 2 heteroatoms. The molecule has 0 fully saturated rings. The highest BCUT2D eigenvalue weighted by Gasteiger charge is 2.30. The van der Waals surface area contributed by atoms with Crippen molar-refractivity contribution in [1.29, 1.82) is 0 Å². The molecule has 1 aliphatic heterocycles. The first-order chi connectivity index (χ1) is 6.88. The van der Waals surface area contributed by atoms with Crippen molar-refractivity contribution in [2.45, 2.75) is 12.8 Å². The fraction of sp³-hybridized carbons (Fsp3) is 0.250. The summed E-state index contributed by atoms with van der Waals surface area (Å²) < 4.78 is 0. The molecule has 1 N–H and O–H groups in total. The lowest BCUT2D eigenvalue weighted by molar-refractivity contribution is 0.103. The van der Waals surface area contributed by atoms with E-state index in [1.807, 2.05) is 24.3 Å².